The molecule has 5 heteroatoms. The number of rotatable bonds is 6. The van der Waals surface area contributed by atoms with Gasteiger partial charge in [-0.25, -0.2) is 0 Å². The minimum absolute atomic E-state index is 0. The van der Waals surface area contributed by atoms with Crippen LogP contribution in [-0.2, 0) is 10.8 Å². The average molecular weight is 602 g/mol. The molecule has 0 aromatic heterocycles. The molecule has 4 rings (SSSR count). The first-order valence-electron chi connectivity index (χ1n) is 14.1. The van der Waals surface area contributed by atoms with Gasteiger partial charge in [-0.15, -0.1) is 0 Å². The fraction of sp³-hybridized carbons (Fsp3) is 0.323. The van der Waals surface area contributed by atoms with E-state index < -0.39 is 29.0 Å². The number of hydrogen-bond acceptors (Lipinski definition) is 3. The summed E-state index contributed by atoms with van der Waals surface area (Å²) >= 11 is 0. The summed E-state index contributed by atoms with van der Waals surface area (Å²) in [6.07, 6.45) is 3.16. The number of fused-ring (bicyclic) bond motifs is 2. The summed E-state index contributed by atoms with van der Waals surface area (Å²) in [6, 6.07) is 9.98. The summed E-state index contributed by atoms with van der Waals surface area (Å²) in [6.45, 7) is 8.17. The molecule has 2 aromatic rings. The van der Waals surface area contributed by atoms with E-state index in [9.17, 15) is 0 Å². The van der Waals surface area contributed by atoms with Crippen molar-refractivity contribution < 1.29 is 44.9 Å². The molecule has 0 fully saturated rings. The number of anilines is 1. The fourth-order valence-electron chi connectivity index (χ4n) is 5.11. The third-order valence-electron chi connectivity index (χ3n) is 7.17. The van der Waals surface area contributed by atoms with Crippen LogP contribution in [0.3, 0.4) is 0 Å². The van der Waals surface area contributed by atoms with Crippen LogP contribution in [-0.4, -0.2) is 38.6 Å². The van der Waals surface area contributed by atoms with Gasteiger partial charge >= 0.3 is 0 Å². The van der Waals surface area contributed by atoms with Crippen molar-refractivity contribution in [3.05, 3.63) is 95.6 Å². The first kappa shape index (κ1) is 21.3. The van der Waals surface area contributed by atoms with Gasteiger partial charge in [-0.3, -0.25) is 0 Å². The Labute approximate surface area is 240 Å². The van der Waals surface area contributed by atoms with E-state index in [0.29, 0.717) is 0 Å². The molecule has 2 aliphatic heterocycles. The lowest BCUT2D eigenvalue weighted by molar-refractivity contribution is -0.401. The molecule has 0 saturated heterocycles. The van der Waals surface area contributed by atoms with Crippen LogP contribution >= 0.6 is 0 Å². The predicted molar refractivity (Wildman–Crippen MR) is 147 cm³/mol. The van der Waals surface area contributed by atoms with Gasteiger partial charge in [-0.2, -0.15) is 4.58 Å². The van der Waals surface area contributed by atoms with Gasteiger partial charge in [0.05, 0.1) is 26.5 Å². The van der Waals surface area contributed by atoms with Crippen molar-refractivity contribution in [1.82, 2.24) is 0 Å². The summed E-state index contributed by atoms with van der Waals surface area (Å²) in [5.41, 5.74) is 4.71. The summed E-state index contributed by atoms with van der Waals surface area (Å²) in [4.78, 5) is 1.97. The minimum Gasteiger partial charge on any atom is -1.00 e. The second-order valence-electron chi connectivity index (χ2n) is 9.86. The highest BCUT2D eigenvalue weighted by Gasteiger charge is 2.43. The van der Waals surface area contributed by atoms with Crippen molar-refractivity contribution in [2.24, 2.45) is 0 Å². The van der Waals surface area contributed by atoms with Crippen molar-refractivity contribution in [2.75, 3.05) is 33.2 Å². The number of allylic oxidation sites excluding steroid dienone is 8. The van der Waals surface area contributed by atoms with Crippen molar-refractivity contribution in [1.29, 1.82) is 0 Å². The summed E-state index contributed by atoms with van der Waals surface area (Å²) in [5.74, 6) is 1.48. The van der Waals surface area contributed by atoms with Crippen LogP contribution in [0.4, 0.5) is 11.4 Å². The van der Waals surface area contributed by atoms with E-state index in [4.69, 9.17) is 16.3 Å². The van der Waals surface area contributed by atoms with E-state index in [-0.39, 0.29) is 36.1 Å². The minimum atomic E-state index is -0.473. The topological polar surface area (TPSA) is 24.7 Å². The van der Waals surface area contributed by atoms with Crippen molar-refractivity contribution in [3.63, 3.8) is 0 Å². The molecule has 0 unspecified atom stereocenters. The quantitative estimate of drug-likeness (QED) is 0.287. The van der Waals surface area contributed by atoms with Gasteiger partial charge in [0, 0.05) is 41.6 Å². The number of hydrogen-bond donors (Lipinski definition) is 0. The van der Waals surface area contributed by atoms with E-state index in [0.717, 1.165) is 45.4 Å². The molecule has 0 saturated carbocycles. The van der Waals surface area contributed by atoms with Crippen LogP contribution in [0.2, 0.25) is 0 Å². The van der Waals surface area contributed by atoms with E-state index in [1.54, 1.807) is 26.4 Å². The van der Waals surface area contributed by atoms with Gasteiger partial charge in [0.1, 0.15) is 18.5 Å². The highest BCUT2D eigenvalue weighted by atomic mass is 127. The van der Waals surface area contributed by atoms with Crippen molar-refractivity contribution in [3.8, 4) is 11.5 Å². The van der Waals surface area contributed by atoms with Crippen LogP contribution < -0.4 is 38.4 Å². The molecule has 190 valence electrons. The molecule has 4 nitrogen and oxygen atoms in total. The molecule has 0 spiro atoms. The molecule has 0 radical (unpaired) electrons. The van der Waals surface area contributed by atoms with Crippen molar-refractivity contribution in [2.45, 2.75) is 38.5 Å². The Bertz CT molecular complexity index is 1550. The zero-order chi connectivity index (χ0) is 29.7. The van der Waals surface area contributed by atoms with Crippen LogP contribution in [0, 0.1) is 0 Å². The van der Waals surface area contributed by atoms with Crippen LogP contribution in [0.1, 0.15) is 45.7 Å². The highest BCUT2D eigenvalue weighted by molar-refractivity contribution is 6.03. The van der Waals surface area contributed by atoms with Gasteiger partial charge in [0.15, 0.2) is 5.71 Å². The van der Waals surface area contributed by atoms with Gasteiger partial charge < -0.3 is 38.4 Å². The first-order chi connectivity index (χ1) is 18.7. The Morgan fingerprint density at radius 3 is 2.08 bits per heavy atom. The second kappa shape index (κ2) is 10.7. The second-order valence-corrected chi connectivity index (χ2v) is 9.86. The molecule has 0 amide bonds. The number of likely N-dealkylation sites (N-methyl/N-ethyl adjacent to an activating group) is 1. The fourth-order valence-corrected chi connectivity index (χ4v) is 5.11. The third kappa shape index (κ3) is 4.77. The van der Waals surface area contributed by atoms with Gasteiger partial charge in [-0.05, 0) is 55.8 Å². The number of halogens is 1. The molecule has 36 heavy (non-hydrogen) atoms. The molecule has 2 aliphatic rings. The number of nitrogens with zero attached hydrogens (tertiary/aromatic N) is 2. The molecule has 0 N–H and O–H groups in total. The summed E-state index contributed by atoms with van der Waals surface area (Å²) < 4.78 is 55.6. The average Bonchev–Trinajstić information content (AvgIpc) is 3.24. The largest absolute Gasteiger partial charge is 1.00 e. The Morgan fingerprint density at radius 1 is 0.833 bits per heavy atom. The predicted octanol–water partition coefficient (Wildman–Crippen LogP) is 3.69. The van der Waals surface area contributed by atoms with Gasteiger partial charge in [-0.1, -0.05) is 44.1 Å². The molecular formula is C31H37IN2O2. The lowest BCUT2D eigenvalue weighted by Crippen LogP contribution is -3.00. The molecule has 0 bridgehead atoms. The summed E-state index contributed by atoms with van der Waals surface area (Å²) in [7, 11) is 7.06. The Kier molecular flexibility index (Phi) is 6.31. The first-order valence-corrected chi connectivity index (χ1v) is 11.6. The Balaban J connectivity index is 0.00000462. The molecule has 2 aromatic carbocycles. The van der Waals surface area contributed by atoms with Crippen LogP contribution in [0.15, 0.2) is 84.5 Å². The van der Waals surface area contributed by atoms with Crippen LogP contribution in [0.5, 0.6) is 11.5 Å². The number of benzene rings is 2. The zero-order valence-corrected chi connectivity index (χ0v) is 24.4. The van der Waals surface area contributed by atoms with Gasteiger partial charge in [0.2, 0.25) is 5.69 Å². The highest BCUT2D eigenvalue weighted by Crippen LogP contribution is 2.48. The lowest BCUT2D eigenvalue weighted by Gasteiger charge is -2.23. The SMILES string of the molecule is [2H]C(=CC1=[N+](C)c2ccc(OC)cc2C1(C)C)C([2H])=C([2H])C([2H])=C([2H])C=C1N(C)c2ccc(OC)cc2C1(C)C.[I-]. The van der Waals surface area contributed by atoms with E-state index in [2.05, 4.69) is 0 Å². The molecule has 0 atom stereocenters. The maximum Gasteiger partial charge on any atom is 0.209 e. The molecule has 0 aliphatic carbocycles. The van der Waals surface area contributed by atoms with E-state index >= 15 is 0 Å². The van der Waals surface area contributed by atoms with E-state index in [1.807, 2.05) is 87.7 Å². The molecule has 2 heterocycles. The standard InChI is InChI=1S/C31H37N2O2.HI/c1-30(2)24-20-22(34-7)16-18-26(24)32(5)28(30)14-12-10-9-11-13-15-29-31(3,4)25-21-23(35-8)17-19-27(25)33(29)6;/h9-21H,1-8H3;1H/q+1;/p-1/i9D,10D,11D,12D,13D;. The van der Waals surface area contributed by atoms with Gasteiger partial charge in [0.25, 0.3) is 0 Å². The van der Waals surface area contributed by atoms with E-state index in [1.165, 1.54) is 0 Å². The molecular weight excluding hydrogens is 559 g/mol. The smallest absolute Gasteiger partial charge is 0.209 e. The maximum absolute atomic E-state index is 8.63. The van der Waals surface area contributed by atoms with Crippen LogP contribution in [0.25, 0.3) is 0 Å². The number of methoxy groups -OCH3 is 2. The normalized spacial score (nSPS) is 22.2. The number of ether oxygens (including phenoxy) is 2. The Hall–Kier alpha value is -2.80. The maximum atomic E-state index is 8.63. The third-order valence-corrected chi connectivity index (χ3v) is 7.17. The lowest BCUT2D eigenvalue weighted by atomic mass is 9.81. The Morgan fingerprint density at radius 2 is 1.42 bits per heavy atom. The van der Waals surface area contributed by atoms with Crippen molar-refractivity contribution >= 4 is 17.1 Å². The monoisotopic (exact) mass is 601 g/mol. The zero-order valence-electron chi connectivity index (χ0n) is 27.2. The summed E-state index contributed by atoms with van der Waals surface area (Å²) in [5, 5.41) is 0.